The molecule has 8 heteroatoms. The molecule has 0 amide bonds. The number of nitrogens with zero attached hydrogens (tertiary/aromatic N) is 3. The van der Waals surface area contributed by atoms with Crippen LogP contribution in [0, 0.1) is 0 Å². The SMILES string of the molecule is CN1CCNCC1c1noc(-c2cc(=O)[nH]c3ccc(Br)cc23)n1. The molecule has 4 rings (SSSR count). The van der Waals surface area contributed by atoms with E-state index in [4.69, 9.17) is 4.52 Å². The van der Waals surface area contributed by atoms with Gasteiger partial charge in [0.1, 0.15) is 0 Å². The lowest BCUT2D eigenvalue weighted by Crippen LogP contribution is -2.44. The topological polar surface area (TPSA) is 87.0 Å². The summed E-state index contributed by atoms with van der Waals surface area (Å²) in [4.78, 5) is 21.5. The van der Waals surface area contributed by atoms with Crippen LogP contribution in [-0.4, -0.2) is 46.7 Å². The van der Waals surface area contributed by atoms with E-state index in [1.165, 1.54) is 6.07 Å². The van der Waals surface area contributed by atoms with Crippen LogP contribution in [0.1, 0.15) is 11.9 Å². The third-order valence-electron chi connectivity index (χ3n) is 4.29. The molecule has 0 aliphatic carbocycles. The molecule has 3 aromatic rings. The van der Waals surface area contributed by atoms with Gasteiger partial charge in [-0.3, -0.25) is 9.69 Å². The average molecular weight is 390 g/mol. The Kier molecular flexibility index (Phi) is 3.95. The van der Waals surface area contributed by atoms with Gasteiger partial charge in [-0.2, -0.15) is 4.98 Å². The summed E-state index contributed by atoms with van der Waals surface area (Å²) in [6, 6.07) is 7.22. The number of hydrogen-bond donors (Lipinski definition) is 2. The van der Waals surface area contributed by atoms with Crippen LogP contribution in [0.5, 0.6) is 0 Å². The summed E-state index contributed by atoms with van der Waals surface area (Å²) in [5.41, 5.74) is 1.17. The summed E-state index contributed by atoms with van der Waals surface area (Å²) in [7, 11) is 2.04. The van der Waals surface area contributed by atoms with Gasteiger partial charge < -0.3 is 14.8 Å². The maximum atomic E-state index is 11.9. The fraction of sp³-hybridized carbons (Fsp3) is 0.312. The van der Waals surface area contributed by atoms with E-state index in [-0.39, 0.29) is 11.6 Å². The Morgan fingerprint density at radius 1 is 1.38 bits per heavy atom. The molecule has 124 valence electrons. The van der Waals surface area contributed by atoms with Crippen LogP contribution < -0.4 is 10.9 Å². The van der Waals surface area contributed by atoms with E-state index in [0.29, 0.717) is 17.3 Å². The Morgan fingerprint density at radius 3 is 3.08 bits per heavy atom. The molecule has 3 heterocycles. The molecule has 1 aliphatic heterocycles. The van der Waals surface area contributed by atoms with E-state index in [9.17, 15) is 4.79 Å². The number of benzene rings is 1. The number of piperazine rings is 1. The minimum atomic E-state index is -0.198. The zero-order chi connectivity index (χ0) is 16.7. The normalized spacial score (nSPS) is 19.0. The quantitative estimate of drug-likeness (QED) is 0.695. The number of halogens is 1. The molecule has 1 saturated heterocycles. The van der Waals surface area contributed by atoms with Crippen molar-refractivity contribution in [1.29, 1.82) is 0 Å². The van der Waals surface area contributed by atoms with Crippen molar-refractivity contribution in [3.05, 3.63) is 44.9 Å². The Morgan fingerprint density at radius 2 is 2.25 bits per heavy atom. The van der Waals surface area contributed by atoms with Gasteiger partial charge in [-0.05, 0) is 25.2 Å². The lowest BCUT2D eigenvalue weighted by molar-refractivity contribution is 0.190. The molecular formula is C16H16BrN5O2. The van der Waals surface area contributed by atoms with Crippen molar-refractivity contribution in [2.75, 3.05) is 26.7 Å². The smallest absolute Gasteiger partial charge is 0.258 e. The first-order valence-corrected chi connectivity index (χ1v) is 8.48. The van der Waals surface area contributed by atoms with Crippen LogP contribution >= 0.6 is 15.9 Å². The van der Waals surface area contributed by atoms with E-state index in [1.54, 1.807) is 0 Å². The van der Waals surface area contributed by atoms with Crippen LogP contribution in [0.15, 0.2) is 38.1 Å². The molecule has 24 heavy (non-hydrogen) atoms. The highest BCUT2D eigenvalue weighted by Gasteiger charge is 2.26. The highest BCUT2D eigenvalue weighted by atomic mass is 79.9. The van der Waals surface area contributed by atoms with Gasteiger partial charge in [0.2, 0.25) is 5.56 Å². The van der Waals surface area contributed by atoms with E-state index in [2.05, 4.69) is 41.3 Å². The molecule has 1 aliphatic rings. The third kappa shape index (κ3) is 2.77. The first kappa shape index (κ1) is 15.5. The van der Waals surface area contributed by atoms with E-state index >= 15 is 0 Å². The standard InChI is InChI=1S/C16H16BrN5O2/c1-22-5-4-18-8-13(22)15-20-16(24-21-15)11-7-14(23)19-12-3-2-9(17)6-10(11)12/h2-3,6-7,13,18H,4-5,8H2,1H3,(H,19,23). The lowest BCUT2D eigenvalue weighted by Gasteiger charge is -2.30. The number of likely N-dealkylation sites (N-methyl/N-ethyl adjacent to an activating group) is 1. The van der Waals surface area contributed by atoms with Gasteiger partial charge in [0.15, 0.2) is 5.82 Å². The number of aromatic nitrogens is 3. The van der Waals surface area contributed by atoms with Gasteiger partial charge in [-0.25, -0.2) is 0 Å². The molecule has 0 radical (unpaired) electrons. The first-order chi connectivity index (χ1) is 11.6. The second-order valence-corrected chi connectivity index (χ2v) is 6.81. The zero-order valence-electron chi connectivity index (χ0n) is 13.0. The van der Waals surface area contributed by atoms with Crippen molar-refractivity contribution in [2.45, 2.75) is 6.04 Å². The van der Waals surface area contributed by atoms with Crippen molar-refractivity contribution in [1.82, 2.24) is 25.3 Å². The summed E-state index contributed by atoms with van der Waals surface area (Å²) in [5.74, 6) is 0.987. The minimum absolute atomic E-state index is 0.0660. The van der Waals surface area contributed by atoms with Crippen LogP contribution in [0.25, 0.3) is 22.4 Å². The van der Waals surface area contributed by atoms with Crippen LogP contribution in [0.3, 0.4) is 0 Å². The summed E-state index contributed by atoms with van der Waals surface area (Å²) >= 11 is 3.46. The molecule has 0 spiro atoms. The largest absolute Gasteiger partial charge is 0.334 e. The van der Waals surface area contributed by atoms with Crippen molar-refractivity contribution in [3.63, 3.8) is 0 Å². The minimum Gasteiger partial charge on any atom is -0.334 e. The summed E-state index contributed by atoms with van der Waals surface area (Å²) in [6.07, 6.45) is 0. The van der Waals surface area contributed by atoms with Gasteiger partial charge in [-0.1, -0.05) is 21.1 Å². The number of nitrogens with one attached hydrogen (secondary N) is 2. The summed E-state index contributed by atoms with van der Waals surface area (Å²) in [5, 5.41) is 8.32. The molecule has 1 atom stereocenters. The highest BCUT2D eigenvalue weighted by Crippen LogP contribution is 2.29. The van der Waals surface area contributed by atoms with Gasteiger partial charge in [0, 0.05) is 41.1 Å². The third-order valence-corrected chi connectivity index (χ3v) is 4.78. The molecule has 1 aromatic carbocycles. The Balaban J connectivity index is 1.81. The maximum Gasteiger partial charge on any atom is 0.258 e. The number of pyridine rings is 1. The fourth-order valence-electron chi connectivity index (χ4n) is 2.98. The molecule has 2 N–H and O–H groups in total. The van der Waals surface area contributed by atoms with Crippen LogP contribution in [0.2, 0.25) is 0 Å². The highest BCUT2D eigenvalue weighted by molar-refractivity contribution is 9.10. The zero-order valence-corrected chi connectivity index (χ0v) is 14.6. The fourth-order valence-corrected chi connectivity index (χ4v) is 3.34. The second-order valence-electron chi connectivity index (χ2n) is 5.90. The maximum absolute atomic E-state index is 11.9. The number of fused-ring (bicyclic) bond motifs is 1. The molecule has 1 fully saturated rings. The Bertz CT molecular complexity index is 951. The molecule has 0 saturated carbocycles. The first-order valence-electron chi connectivity index (χ1n) is 7.69. The predicted octanol–water partition coefficient (Wildman–Crippen LogP) is 1.92. The lowest BCUT2D eigenvalue weighted by atomic mass is 10.1. The van der Waals surface area contributed by atoms with E-state index in [0.717, 1.165) is 35.0 Å². The van der Waals surface area contributed by atoms with Crippen LogP contribution in [0.4, 0.5) is 0 Å². The van der Waals surface area contributed by atoms with Gasteiger partial charge in [-0.15, -0.1) is 0 Å². The molecule has 7 nitrogen and oxygen atoms in total. The molecular weight excluding hydrogens is 374 g/mol. The van der Waals surface area contributed by atoms with Gasteiger partial charge >= 0.3 is 0 Å². The van der Waals surface area contributed by atoms with Gasteiger partial charge in [0.25, 0.3) is 5.89 Å². The number of hydrogen-bond acceptors (Lipinski definition) is 6. The Labute approximate surface area is 146 Å². The van der Waals surface area contributed by atoms with Crippen molar-refractivity contribution in [2.24, 2.45) is 0 Å². The summed E-state index contributed by atoms with van der Waals surface area (Å²) in [6.45, 7) is 2.65. The van der Waals surface area contributed by atoms with Crippen LogP contribution in [-0.2, 0) is 0 Å². The van der Waals surface area contributed by atoms with E-state index < -0.39 is 0 Å². The van der Waals surface area contributed by atoms with Crippen molar-refractivity contribution in [3.8, 4) is 11.5 Å². The molecule has 1 unspecified atom stereocenters. The predicted molar refractivity (Wildman–Crippen MR) is 93.8 cm³/mol. The van der Waals surface area contributed by atoms with Crippen molar-refractivity contribution >= 4 is 26.8 Å². The molecule has 0 bridgehead atoms. The monoisotopic (exact) mass is 389 g/mol. The summed E-state index contributed by atoms with van der Waals surface area (Å²) < 4.78 is 6.39. The van der Waals surface area contributed by atoms with Gasteiger partial charge in [0.05, 0.1) is 11.6 Å². The molecule has 2 aromatic heterocycles. The second kappa shape index (κ2) is 6.12. The van der Waals surface area contributed by atoms with E-state index in [1.807, 2.05) is 25.2 Å². The number of H-pyrrole nitrogens is 1. The number of aromatic amines is 1. The Hall–Kier alpha value is -2.03. The average Bonchev–Trinajstić information content (AvgIpc) is 3.04. The van der Waals surface area contributed by atoms with Crippen molar-refractivity contribution < 1.29 is 4.52 Å². The number of rotatable bonds is 2.